The molecule has 0 radical (unpaired) electrons. The predicted molar refractivity (Wildman–Crippen MR) is 113 cm³/mol. The smallest absolute Gasteiger partial charge is 0.260 e. The van der Waals surface area contributed by atoms with Crippen molar-refractivity contribution in [1.29, 1.82) is 0 Å². The number of thioether (sulfide) groups is 1. The van der Waals surface area contributed by atoms with E-state index in [-0.39, 0.29) is 24.7 Å². The fraction of sp³-hybridized carbons (Fsp3) is 0.200. The zero-order valence-corrected chi connectivity index (χ0v) is 16.6. The second kappa shape index (κ2) is 9.03. The molecule has 0 unspecified atom stereocenters. The average Bonchev–Trinajstić information content (AvgIpc) is 2.97. The summed E-state index contributed by atoms with van der Waals surface area (Å²) >= 11 is 7.17. The predicted octanol–water partition coefficient (Wildman–Crippen LogP) is 4.05. The quantitative estimate of drug-likeness (QED) is 0.745. The van der Waals surface area contributed by atoms with E-state index in [2.05, 4.69) is 15.6 Å². The molecular weight excluding hydrogens is 398 g/mol. The van der Waals surface area contributed by atoms with Crippen LogP contribution >= 0.6 is 23.4 Å². The number of rotatable bonds is 6. The van der Waals surface area contributed by atoms with E-state index in [0.29, 0.717) is 15.8 Å². The fourth-order valence-corrected chi connectivity index (χ4v) is 3.88. The highest BCUT2D eigenvalue weighted by molar-refractivity contribution is 8.15. The van der Waals surface area contributed by atoms with Gasteiger partial charge in [-0.05, 0) is 30.7 Å². The molecule has 1 aliphatic heterocycles. The van der Waals surface area contributed by atoms with E-state index in [0.717, 1.165) is 23.0 Å². The van der Waals surface area contributed by atoms with Gasteiger partial charge in [-0.1, -0.05) is 53.7 Å². The number of para-hydroxylation sites is 2. The minimum Gasteiger partial charge on any atom is -0.325 e. The molecule has 2 aromatic rings. The van der Waals surface area contributed by atoms with Crippen LogP contribution in [0.5, 0.6) is 0 Å². The SMILES string of the molecule is Cc1ccccc1NC(=O)CC1=NC(=O)[C@@H](CC(=O)Nc2ccccc2Cl)S1. The van der Waals surface area contributed by atoms with Crippen LogP contribution in [0.15, 0.2) is 53.5 Å². The molecule has 1 atom stereocenters. The molecule has 0 saturated carbocycles. The molecule has 2 aromatic carbocycles. The molecule has 0 aromatic heterocycles. The Balaban J connectivity index is 1.52. The summed E-state index contributed by atoms with van der Waals surface area (Å²) in [7, 11) is 0. The van der Waals surface area contributed by atoms with Gasteiger partial charge in [0.1, 0.15) is 5.25 Å². The van der Waals surface area contributed by atoms with Crippen molar-refractivity contribution in [2.24, 2.45) is 4.99 Å². The monoisotopic (exact) mass is 415 g/mol. The van der Waals surface area contributed by atoms with Gasteiger partial charge in [0.05, 0.1) is 22.2 Å². The first-order valence-electron chi connectivity index (χ1n) is 8.60. The summed E-state index contributed by atoms with van der Waals surface area (Å²) in [5.74, 6) is -0.993. The molecule has 0 saturated heterocycles. The number of carbonyl (C=O) groups excluding carboxylic acids is 3. The number of anilines is 2. The van der Waals surface area contributed by atoms with Crippen LogP contribution < -0.4 is 10.6 Å². The Morgan fingerprint density at radius 1 is 1.04 bits per heavy atom. The van der Waals surface area contributed by atoms with Gasteiger partial charge in [0.2, 0.25) is 11.8 Å². The molecule has 3 rings (SSSR count). The summed E-state index contributed by atoms with van der Waals surface area (Å²) < 4.78 is 0. The van der Waals surface area contributed by atoms with Gasteiger partial charge in [-0.2, -0.15) is 0 Å². The number of nitrogens with one attached hydrogen (secondary N) is 2. The van der Waals surface area contributed by atoms with Crippen molar-refractivity contribution in [3.8, 4) is 0 Å². The van der Waals surface area contributed by atoms with Gasteiger partial charge in [0.25, 0.3) is 5.91 Å². The lowest BCUT2D eigenvalue weighted by molar-refractivity contribution is -0.121. The Morgan fingerprint density at radius 3 is 2.39 bits per heavy atom. The second-order valence-corrected chi connectivity index (χ2v) is 7.91. The molecule has 144 valence electrons. The van der Waals surface area contributed by atoms with Crippen LogP contribution in [0.3, 0.4) is 0 Å². The van der Waals surface area contributed by atoms with Gasteiger partial charge in [0.15, 0.2) is 0 Å². The number of hydrogen-bond donors (Lipinski definition) is 2. The van der Waals surface area contributed by atoms with E-state index in [1.54, 1.807) is 24.3 Å². The highest BCUT2D eigenvalue weighted by Gasteiger charge is 2.31. The molecule has 2 N–H and O–H groups in total. The van der Waals surface area contributed by atoms with E-state index < -0.39 is 11.2 Å². The van der Waals surface area contributed by atoms with Crippen molar-refractivity contribution in [3.63, 3.8) is 0 Å². The van der Waals surface area contributed by atoms with Crippen LogP contribution in [-0.4, -0.2) is 28.0 Å². The Bertz CT molecular complexity index is 961. The van der Waals surface area contributed by atoms with Crippen molar-refractivity contribution < 1.29 is 14.4 Å². The van der Waals surface area contributed by atoms with Crippen molar-refractivity contribution >= 4 is 57.5 Å². The molecule has 0 bridgehead atoms. The third kappa shape index (κ3) is 5.21. The summed E-state index contributed by atoms with van der Waals surface area (Å²) in [6, 6.07) is 14.3. The zero-order chi connectivity index (χ0) is 20.1. The molecular formula is C20H18ClN3O3S. The van der Waals surface area contributed by atoms with Crippen molar-refractivity contribution in [1.82, 2.24) is 0 Å². The summed E-state index contributed by atoms with van der Waals surface area (Å²) in [6.45, 7) is 1.90. The summed E-state index contributed by atoms with van der Waals surface area (Å²) in [4.78, 5) is 40.4. The number of halogens is 1. The molecule has 0 aliphatic carbocycles. The zero-order valence-electron chi connectivity index (χ0n) is 15.1. The van der Waals surface area contributed by atoms with Gasteiger partial charge < -0.3 is 10.6 Å². The van der Waals surface area contributed by atoms with Gasteiger partial charge in [-0.3, -0.25) is 14.4 Å². The van der Waals surface area contributed by atoms with Crippen LogP contribution in [0.1, 0.15) is 18.4 Å². The molecule has 0 fully saturated rings. The first-order chi connectivity index (χ1) is 13.4. The van der Waals surface area contributed by atoms with Crippen LogP contribution in [0, 0.1) is 6.92 Å². The number of nitrogens with zero attached hydrogens (tertiary/aromatic N) is 1. The summed E-state index contributed by atoms with van der Waals surface area (Å²) in [5, 5.41) is 5.69. The maximum absolute atomic E-state index is 12.2. The third-order valence-electron chi connectivity index (χ3n) is 4.04. The van der Waals surface area contributed by atoms with Crippen LogP contribution in [0.25, 0.3) is 0 Å². The number of aliphatic imine (C=N–C) groups is 1. The van der Waals surface area contributed by atoms with E-state index >= 15 is 0 Å². The summed E-state index contributed by atoms with van der Waals surface area (Å²) in [6.07, 6.45) is -0.0471. The summed E-state index contributed by atoms with van der Waals surface area (Å²) in [5.41, 5.74) is 2.16. The van der Waals surface area contributed by atoms with E-state index in [1.165, 1.54) is 0 Å². The Kier molecular flexibility index (Phi) is 6.49. The maximum Gasteiger partial charge on any atom is 0.260 e. The van der Waals surface area contributed by atoms with Gasteiger partial charge in [-0.25, -0.2) is 4.99 Å². The highest BCUT2D eigenvalue weighted by atomic mass is 35.5. The largest absolute Gasteiger partial charge is 0.325 e. The average molecular weight is 416 g/mol. The van der Waals surface area contributed by atoms with Crippen LogP contribution in [-0.2, 0) is 14.4 Å². The second-order valence-electron chi connectivity index (χ2n) is 6.22. The maximum atomic E-state index is 12.2. The van der Waals surface area contributed by atoms with E-state index in [4.69, 9.17) is 11.6 Å². The molecule has 8 heteroatoms. The van der Waals surface area contributed by atoms with Crippen LogP contribution in [0.4, 0.5) is 11.4 Å². The van der Waals surface area contributed by atoms with Crippen molar-refractivity contribution in [3.05, 3.63) is 59.1 Å². The van der Waals surface area contributed by atoms with Gasteiger partial charge in [0, 0.05) is 12.1 Å². The molecule has 3 amide bonds. The highest BCUT2D eigenvalue weighted by Crippen LogP contribution is 2.28. The minimum absolute atomic E-state index is 0.00657. The molecule has 0 spiro atoms. The molecule has 28 heavy (non-hydrogen) atoms. The number of aryl methyl sites for hydroxylation is 1. The first kappa shape index (κ1) is 20.1. The topological polar surface area (TPSA) is 87.6 Å². The number of hydrogen-bond acceptors (Lipinski definition) is 4. The molecule has 6 nitrogen and oxygen atoms in total. The Labute approximate surface area is 171 Å². The first-order valence-corrected chi connectivity index (χ1v) is 9.86. The Hall–Kier alpha value is -2.64. The van der Waals surface area contributed by atoms with E-state index in [1.807, 2.05) is 31.2 Å². The van der Waals surface area contributed by atoms with Gasteiger partial charge >= 0.3 is 0 Å². The van der Waals surface area contributed by atoms with Crippen molar-refractivity contribution in [2.45, 2.75) is 25.0 Å². The fourth-order valence-electron chi connectivity index (χ4n) is 2.62. The molecule has 1 aliphatic rings. The van der Waals surface area contributed by atoms with E-state index in [9.17, 15) is 14.4 Å². The lowest BCUT2D eigenvalue weighted by Gasteiger charge is -2.10. The number of carbonyl (C=O) groups is 3. The normalized spacial score (nSPS) is 15.9. The van der Waals surface area contributed by atoms with Crippen LogP contribution in [0.2, 0.25) is 5.02 Å². The number of benzene rings is 2. The third-order valence-corrected chi connectivity index (χ3v) is 5.53. The number of amides is 3. The van der Waals surface area contributed by atoms with Crippen molar-refractivity contribution in [2.75, 3.05) is 10.6 Å². The van der Waals surface area contributed by atoms with Gasteiger partial charge in [-0.15, -0.1) is 0 Å². The minimum atomic E-state index is -0.635. The standard InChI is InChI=1S/C20H18ClN3O3S/c1-12-6-2-4-8-14(12)22-18(26)11-19-24-20(27)16(28-19)10-17(25)23-15-9-5-3-7-13(15)21/h2-9,16H,10-11H2,1H3,(H,22,26)(H,23,25)/t16-/m1/s1. The molecule has 1 heterocycles. The lowest BCUT2D eigenvalue weighted by Crippen LogP contribution is -2.21. The Morgan fingerprint density at radius 2 is 1.68 bits per heavy atom. The lowest BCUT2D eigenvalue weighted by atomic mass is 10.2.